The predicted octanol–water partition coefficient (Wildman–Crippen LogP) is 2.42. The van der Waals surface area contributed by atoms with E-state index in [4.69, 9.17) is 20.9 Å². The molecule has 1 fully saturated rings. The number of benzene rings is 1. The minimum atomic E-state index is -0.463. The van der Waals surface area contributed by atoms with E-state index in [0.717, 1.165) is 32.8 Å². The first kappa shape index (κ1) is 20.5. The van der Waals surface area contributed by atoms with E-state index in [9.17, 15) is 4.79 Å². The van der Waals surface area contributed by atoms with Crippen LogP contribution >= 0.6 is 0 Å². The normalized spacial score (nSPS) is 14.8. The Morgan fingerprint density at radius 1 is 1.17 bits per heavy atom. The van der Waals surface area contributed by atoms with Crippen molar-refractivity contribution in [3.05, 3.63) is 36.4 Å². The van der Waals surface area contributed by atoms with Crippen LogP contribution in [0.1, 0.15) is 0 Å². The summed E-state index contributed by atoms with van der Waals surface area (Å²) in [4.78, 5) is 20.2. The quantitative estimate of drug-likeness (QED) is 0.713. The number of ether oxygens (including phenoxy) is 2. The van der Waals surface area contributed by atoms with Crippen molar-refractivity contribution in [2.45, 2.75) is 0 Å². The number of para-hydroxylation sites is 1. The Morgan fingerprint density at radius 2 is 1.90 bits per heavy atom. The molecular weight excluding hydrogens is 374 g/mol. The zero-order valence-electron chi connectivity index (χ0n) is 16.3. The van der Waals surface area contributed by atoms with E-state index in [1.54, 1.807) is 43.4 Å². The van der Waals surface area contributed by atoms with Gasteiger partial charge in [-0.25, -0.2) is 9.78 Å². The molecule has 0 atom stereocenters. The van der Waals surface area contributed by atoms with Crippen LogP contribution in [0.15, 0.2) is 46.6 Å². The van der Waals surface area contributed by atoms with Crippen molar-refractivity contribution >= 4 is 29.1 Å². The fourth-order valence-electron chi connectivity index (χ4n) is 2.68. The second-order valence-corrected chi connectivity index (χ2v) is 6.55. The number of anilines is 2. The van der Waals surface area contributed by atoms with Gasteiger partial charge in [-0.2, -0.15) is 0 Å². The summed E-state index contributed by atoms with van der Waals surface area (Å²) in [6, 6.07) is 10.1. The lowest BCUT2D eigenvalue weighted by molar-refractivity contribution is 0.0349. The van der Waals surface area contributed by atoms with E-state index in [1.165, 1.54) is 4.90 Å². The van der Waals surface area contributed by atoms with Gasteiger partial charge in [0.15, 0.2) is 11.6 Å². The van der Waals surface area contributed by atoms with Gasteiger partial charge in [0, 0.05) is 33.2 Å². The van der Waals surface area contributed by atoms with Gasteiger partial charge in [-0.1, -0.05) is 12.1 Å². The summed E-state index contributed by atoms with van der Waals surface area (Å²) in [6.45, 7) is 4.50. The van der Waals surface area contributed by atoms with Crippen LogP contribution in [0, 0.1) is 0 Å². The number of carbonyl (C=O) groups is 1. The van der Waals surface area contributed by atoms with Crippen LogP contribution in [-0.4, -0.2) is 67.3 Å². The SMILES string of the molecule is CN(CCN1CCOCC1)C(=O)Oc1ccccc1N=Nc1ccc(N)nc1N. The smallest absolute Gasteiger partial charge is 0.408 e. The number of likely N-dealkylation sites (N-methyl/N-ethyl adjacent to an activating group) is 1. The summed E-state index contributed by atoms with van der Waals surface area (Å²) in [5, 5.41) is 8.23. The number of carbonyl (C=O) groups excluding carboxylic acids is 1. The second kappa shape index (κ2) is 9.80. The fourth-order valence-corrected chi connectivity index (χ4v) is 2.68. The Morgan fingerprint density at radius 3 is 2.66 bits per heavy atom. The number of nitrogen functional groups attached to an aromatic ring is 2. The topological polar surface area (TPSA) is 132 Å². The number of nitrogens with two attached hydrogens (primary N) is 2. The number of rotatable bonds is 6. The maximum Gasteiger partial charge on any atom is 0.415 e. The molecule has 2 heterocycles. The molecule has 3 rings (SSSR count). The van der Waals surface area contributed by atoms with Gasteiger partial charge in [-0.05, 0) is 24.3 Å². The average molecular weight is 399 g/mol. The lowest BCUT2D eigenvalue weighted by Gasteiger charge is -2.28. The van der Waals surface area contributed by atoms with E-state index >= 15 is 0 Å². The standard InChI is InChI=1S/C19H25N7O3/c1-25(8-9-26-10-12-28-13-11-26)19(27)29-16-5-3-2-4-14(16)23-24-15-6-7-17(20)22-18(15)21/h2-7H,8-13H2,1H3,(H4,20,21,22). The monoisotopic (exact) mass is 399 g/mol. The molecule has 0 bridgehead atoms. The molecule has 10 heteroatoms. The number of nitrogens with zero attached hydrogens (tertiary/aromatic N) is 5. The molecule has 10 nitrogen and oxygen atoms in total. The summed E-state index contributed by atoms with van der Waals surface area (Å²) in [5.74, 6) is 0.781. The van der Waals surface area contributed by atoms with Crippen LogP contribution in [0.2, 0.25) is 0 Å². The van der Waals surface area contributed by atoms with E-state index < -0.39 is 6.09 Å². The van der Waals surface area contributed by atoms with E-state index in [-0.39, 0.29) is 5.82 Å². The minimum Gasteiger partial charge on any atom is -0.408 e. The van der Waals surface area contributed by atoms with E-state index in [0.29, 0.717) is 29.5 Å². The van der Waals surface area contributed by atoms with Gasteiger partial charge in [0.05, 0.1) is 13.2 Å². The van der Waals surface area contributed by atoms with Crippen LogP contribution in [-0.2, 0) is 4.74 Å². The Balaban J connectivity index is 1.61. The molecule has 1 amide bonds. The summed E-state index contributed by atoms with van der Waals surface area (Å²) < 4.78 is 10.8. The molecule has 0 spiro atoms. The number of aromatic nitrogens is 1. The third-order valence-corrected chi connectivity index (χ3v) is 4.42. The van der Waals surface area contributed by atoms with Crippen molar-refractivity contribution in [1.82, 2.24) is 14.8 Å². The Hall–Kier alpha value is -3.24. The van der Waals surface area contributed by atoms with Gasteiger partial charge < -0.3 is 25.8 Å². The number of amides is 1. The van der Waals surface area contributed by atoms with Gasteiger partial charge >= 0.3 is 6.09 Å². The zero-order valence-corrected chi connectivity index (χ0v) is 16.3. The molecule has 4 N–H and O–H groups in total. The van der Waals surface area contributed by atoms with Gasteiger partial charge in [0.2, 0.25) is 0 Å². The first-order chi connectivity index (χ1) is 14.0. The van der Waals surface area contributed by atoms with Crippen molar-refractivity contribution < 1.29 is 14.3 Å². The molecule has 0 unspecified atom stereocenters. The summed E-state index contributed by atoms with van der Waals surface area (Å²) >= 11 is 0. The Kier molecular flexibility index (Phi) is 6.93. The third-order valence-electron chi connectivity index (χ3n) is 4.42. The van der Waals surface area contributed by atoms with Crippen LogP contribution in [0.4, 0.5) is 27.8 Å². The number of morpholine rings is 1. The van der Waals surface area contributed by atoms with Gasteiger partial charge in [0.25, 0.3) is 0 Å². The van der Waals surface area contributed by atoms with Crippen molar-refractivity contribution in [2.75, 3.05) is 57.9 Å². The average Bonchev–Trinajstić information content (AvgIpc) is 2.73. The molecule has 2 aromatic rings. The first-order valence-corrected chi connectivity index (χ1v) is 9.29. The Bertz CT molecular complexity index is 869. The molecular formula is C19H25N7O3. The molecule has 1 aliphatic rings. The number of azo groups is 1. The second-order valence-electron chi connectivity index (χ2n) is 6.55. The molecule has 154 valence electrons. The van der Waals surface area contributed by atoms with E-state index in [1.807, 2.05) is 0 Å². The maximum absolute atomic E-state index is 12.4. The molecule has 29 heavy (non-hydrogen) atoms. The highest BCUT2D eigenvalue weighted by atomic mass is 16.6. The molecule has 1 aliphatic heterocycles. The van der Waals surface area contributed by atoms with Gasteiger partial charge in [0.1, 0.15) is 17.2 Å². The zero-order chi connectivity index (χ0) is 20.6. The molecule has 0 aliphatic carbocycles. The van der Waals surface area contributed by atoms with Crippen molar-refractivity contribution in [1.29, 1.82) is 0 Å². The van der Waals surface area contributed by atoms with Gasteiger partial charge in [-0.15, -0.1) is 10.2 Å². The highest BCUT2D eigenvalue weighted by molar-refractivity contribution is 5.72. The lowest BCUT2D eigenvalue weighted by Crippen LogP contribution is -2.42. The molecule has 1 aromatic carbocycles. The predicted molar refractivity (Wildman–Crippen MR) is 110 cm³/mol. The van der Waals surface area contributed by atoms with Crippen LogP contribution in [0.3, 0.4) is 0 Å². The Labute approximate surface area is 169 Å². The molecule has 1 saturated heterocycles. The number of hydrogen-bond acceptors (Lipinski definition) is 9. The molecule has 1 aromatic heterocycles. The van der Waals surface area contributed by atoms with Crippen LogP contribution < -0.4 is 16.2 Å². The van der Waals surface area contributed by atoms with E-state index in [2.05, 4.69) is 20.1 Å². The fraction of sp³-hybridized carbons (Fsp3) is 0.368. The minimum absolute atomic E-state index is 0.172. The van der Waals surface area contributed by atoms with Crippen molar-refractivity contribution in [2.24, 2.45) is 10.2 Å². The maximum atomic E-state index is 12.4. The molecule has 0 radical (unpaired) electrons. The highest BCUT2D eigenvalue weighted by Crippen LogP contribution is 2.30. The third kappa shape index (κ3) is 5.87. The lowest BCUT2D eigenvalue weighted by atomic mass is 10.3. The summed E-state index contributed by atoms with van der Waals surface area (Å²) in [6.07, 6.45) is -0.463. The number of pyridine rings is 1. The first-order valence-electron chi connectivity index (χ1n) is 9.29. The van der Waals surface area contributed by atoms with Crippen molar-refractivity contribution in [3.8, 4) is 5.75 Å². The van der Waals surface area contributed by atoms with Crippen molar-refractivity contribution in [3.63, 3.8) is 0 Å². The molecule has 0 saturated carbocycles. The summed E-state index contributed by atoms with van der Waals surface area (Å²) in [7, 11) is 1.70. The van der Waals surface area contributed by atoms with Crippen LogP contribution in [0.5, 0.6) is 5.75 Å². The number of hydrogen-bond donors (Lipinski definition) is 2. The van der Waals surface area contributed by atoms with Crippen LogP contribution in [0.25, 0.3) is 0 Å². The highest BCUT2D eigenvalue weighted by Gasteiger charge is 2.16. The summed E-state index contributed by atoms with van der Waals surface area (Å²) in [5.41, 5.74) is 12.1. The van der Waals surface area contributed by atoms with Gasteiger partial charge in [-0.3, -0.25) is 4.90 Å². The largest absolute Gasteiger partial charge is 0.415 e.